The van der Waals surface area contributed by atoms with Crippen molar-refractivity contribution in [3.63, 3.8) is 0 Å². The van der Waals surface area contributed by atoms with Crippen molar-refractivity contribution in [2.24, 2.45) is 0 Å². The number of fused-ring (bicyclic) bond motifs is 1. The molecule has 0 aromatic heterocycles. The van der Waals surface area contributed by atoms with Crippen molar-refractivity contribution in [2.75, 3.05) is 5.75 Å². The average Bonchev–Trinajstić information content (AvgIpc) is 2.95. The minimum absolute atomic E-state index is 0.177. The third-order valence-electron chi connectivity index (χ3n) is 5.14. The third-order valence-corrected chi connectivity index (χ3v) is 6.08. The highest BCUT2D eigenvalue weighted by Gasteiger charge is 2.64. The number of carboxylic acids is 1. The molecule has 144 valence electrons. The van der Waals surface area contributed by atoms with Crippen LogP contribution in [-0.2, 0) is 26.5 Å². The van der Waals surface area contributed by atoms with Crippen molar-refractivity contribution in [2.45, 2.75) is 30.4 Å². The Morgan fingerprint density at radius 3 is 2.39 bits per heavy atom. The summed E-state index contributed by atoms with van der Waals surface area (Å²) in [4.78, 5) is 26.0. The Kier molecular flexibility index (Phi) is 5.13. The number of hydrogen-bond acceptors (Lipinski definition) is 4. The van der Waals surface area contributed by atoms with Gasteiger partial charge in [-0.2, -0.15) is 11.8 Å². The van der Waals surface area contributed by atoms with E-state index in [9.17, 15) is 14.7 Å². The second-order valence-corrected chi connectivity index (χ2v) is 7.97. The smallest absolute Gasteiger partial charge is 0.338 e. The van der Waals surface area contributed by atoms with Crippen LogP contribution in [-0.4, -0.2) is 39.4 Å². The van der Waals surface area contributed by atoms with E-state index in [-0.39, 0.29) is 18.7 Å². The van der Waals surface area contributed by atoms with Gasteiger partial charge in [-0.25, -0.2) is 4.79 Å². The van der Waals surface area contributed by atoms with Crippen LogP contribution in [0.3, 0.4) is 0 Å². The van der Waals surface area contributed by atoms with Gasteiger partial charge >= 0.3 is 5.97 Å². The van der Waals surface area contributed by atoms with Gasteiger partial charge in [-0.3, -0.25) is 9.69 Å². The average molecular weight is 395 g/mol. The summed E-state index contributed by atoms with van der Waals surface area (Å²) in [5.41, 5.74) is 0.608. The Balaban J connectivity index is 1.57. The van der Waals surface area contributed by atoms with Crippen molar-refractivity contribution in [3.8, 4) is 0 Å². The molecular weight excluding hydrogens is 374 g/mol. The number of carboxylic acid groups (broad SMARTS) is 1. The highest BCUT2D eigenvalue weighted by atomic mass is 32.2. The van der Waals surface area contributed by atoms with E-state index in [2.05, 4.69) is 12.1 Å². The van der Waals surface area contributed by atoms with E-state index in [1.54, 1.807) is 11.8 Å². The van der Waals surface area contributed by atoms with Crippen LogP contribution in [0.25, 0.3) is 0 Å². The molecule has 2 aliphatic heterocycles. The molecule has 28 heavy (non-hydrogen) atoms. The van der Waals surface area contributed by atoms with E-state index in [1.165, 1.54) is 10.5 Å². The lowest BCUT2D eigenvalue weighted by Gasteiger charge is -2.40. The van der Waals surface area contributed by atoms with Crippen molar-refractivity contribution >= 4 is 23.6 Å². The summed E-state index contributed by atoms with van der Waals surface area (Å²) in [6.45, 7) is 0. The number of hydrogen-bond donors (Lipinski definition) is 1. The molecular formula is C22H21NO4S. The first-order chi connectivity index (χ1) is 13.6. The highest BCUT2D eigenvalue weighted by molar-refractivity contribution is 7.98. The first kappa shape index (κ1) is 18.6. The first-order valence-electron chi connectivity index (χ1n) is 9.20. The van der Waals surface area contributed by atoms with Crippen LogP contribution in [0.15, 0.2) is 72.5 Å². The molecule has 2 heterocycles. The van der Waals surface area contributed by atoms with Gasteiger partial charge in [0.2, 0.25) is 11.4 Å². The Bertz CT molecular complexity index is 899. The van der Waals surface area contributed by atoms with Gasteiger partial charge < -0.3 is 9.84 Å². The second kappa shape index (κ2) is 7.72. The van der Waals surface area contributed by atoms with E-state index in [4.69, 9.17) is 4.74 Å². The molecule has 1 N–H and O–H groups in total. The summed E-state index contributed by atoms with van der Waals surface area (Å²) in [5, 5.41) is 10.1. The van der Waals surface area contributed by atoms with Crippen molar-refractivity contribution < 1.29 is 19.4 Å². The van der Waals surface area contributed by atoms with Gasteiger partial charge in [0, 0.05) is 17.9 Å². The number of thioether (sulfide) groups is 1. The Morgan fingerprint density at radius 1 is 1.14 bits per heavy atom. The van der Waals surface area contributed by atoms with E-state index >= 15 is 0 Å². The van der Waals surface area contributed by atoms with Crippen LogP contribution < -0.4 is 0 Å². The fourth-order valence-corrected chi connectivity index (χ4v) is 4.57. The topological polar surface area (TPSA) is 66.8 Å². The third kappa shape index (κ3) is 3.29. The molecule has 6 heteroatoms. The zero-order valence-electron chi connectivity index (χ0n) is 15.3. The minimum atomic E-state index is -1.46. The second-order valence-electron chi connectivity index (χ2n) is 6.94. The number of amides is 1. The first-order valence-corrected chi connectivity index (χ1v) is 10.3. The summed E-state index contributed by atoms with van der Waals surface area (Å²) in [6.07, 6.45) is 1.78. The number of carbonyl (C=O) groups is 2. The number of rotatable bonds is 7. The van der Waals surface area contributed by atoms with Gasteiger partial charge in [0.1, 0.15) is 5.76 Å². The molecule has 2 aromatic rings. The number of β-lactam (4-membered cyclic amide) rings is 1. The molecule has 0 spiro atoms. The molecule has 2 atom stereocenters. The maximum absolute atomic E-state index is 12.4. The lowest BCUT2D eigenvalue weighted by atomic mass is 9.85. The number of ether oxygens (including phenoxy) is 1. The van der Waals surface area contributed by atoms with Gasteiger partial charge in [-0.05, 0) is 17.2 Å². The van der Waals surface area contributed by atoms with E-state index in [0.29, 0.717) is 11.5 Å². The van der Waals surface area contributed by atoms with E-state index < -0.39 is 17.7 Å². The molecule has 0 aliphatic carbocycles. The van der Waals surface area contributed by atoms with Gasteiger partial charge in [0.25, 0.3) is 0 Å². The molecule has 2 aliphatic rings. The SMILES string of the molecule is O=C1CC2OC(=CCSCc3ccccc3)C(Cc3ccccc3)(C(=O)O)N12. The zero-order valence-corrected chi connectivity index (χ0v) is 16.1. The normalized spacial score (nSPS) is 24.6. The zero-order chi connectivity index (χ0) is 19.6. The molecule has 0 saturated carbocycles. The van der Waals surface area contributed by atoms with E-state index in [0.717, 1.165) is 11.3 Å². The van der Waals surface area contributed by atoms with Gasteiger partial charge in [0.15, 0.2) is 6.23 Å². The molecule has 4 rings (SSSR count). The molecule has 2 aromatic carbocycles. The van der Waals surface area contributed by atoms with Gasteiger partial charge in [-0.1, -0.05) is 60.7 Å². The summed E-state index contributed by atoms with van der Waals surface area (Å²) >= 11 is 1.68. The molecule has 0 radical (unpaired) electrons. The highest BCUT2D eigenvalue weighted by Crippen LogP contribution is 2.46. The van der Waals surface area contributed by atoms with Crippen LogP contribution >= 0.6 is 11.8 Å². The van der Waals surface area contributed by atoms with Gasteiger partial charge in [-0.15, -0.1) is 0 Å². The van der Waals surface area contributed by atoms with Crippen LogP contribution in [0.4, 0.5) is 0 Å². The largest absolute Gasteiger partial charge is 0.479 e. The number of aliphatic carboxylic acids is 1. The predicted molar refractivity (Wildman–Crippen MR) is 108 cm³/mol. The standard InChI is InChI=1S/C22H21NO4S/c24-19-13-20-23(19)22(21(25)26,14-16-7-3-1-4-8-16)18(27-20)11-12-28-15-17-9-5-2-6-10-17/h1-11,20H,12-15H2,(H,25,26). The van der Waals surface area contributed by atoms with Gasteiger partial charge in [0.05, 0.1) is 6.42 Å². The Hall–Kier alpha value is -2.73. The number of nitrogens with zero attached hydrogens (tertiary/aromatic N) is 1. The van der Waals surface area contributed by atoms with Crippen LogP contribution in [0.1, 0.15) is 17.5 Å². The molecule has 0 bridgehead atoms. The van der Waals surface area contributed by atoms with E-state index in [1.807, 2.05) is 54.6 Å². The molecule has 2 unspecified atom stereocenters. The summed E-state index contributed by atoms with van der Waals surface area (Å²) in [6, 6.07) is 19.5. The molecule has 5 nitrogen and oxygen atoms in total. The lowest BCUT2D eigenvalue weighted by molar-refractivity contribution is -0.170. The molecule has 1 amide bonds. The Morgan fingerprint density at radius 2 is 1.79 bits per heavy atom. The monoisotopic (exact) mass is 395 g/mol. The summed E-state index contributed by atoms with van der Waals surface area (Å²) < 4.78 is 5.90. The fourth-order valence-electron chi connectivity index (χ4n) is 3.75. The molecule has 2 saturated heterocycles. The van der Waals surface area contributed by atoms with Crippen LogP contribution in [0, 0.1) is 0 Å². The van der Waals surface area contributed by atoms with Crippen LogP contribution in [0.5, 0.6) is 0 Å². The maximum Gasteiger partial charge on any atom is 0.338 e. The Labute approximate surface area is 168 Å². The fraction of sp³-hybridized carbons (Fsp3) is 0.273. The van der Waals surface area contributed by atoms with Crippen LogP contribution in [0.2, 0.25) is 0 Å². The summed E-state index contributed by atoms with van der Waals surface area (Å²) in [5.74, 6) is 0.591. The van der Waals surface area contributed by atoms with Crippen molar-refractivity contribution in [1.29, 1.82) is 0 Å². The van der Waals surface area contributed by atoms with Crippen molar-refractivity contribution in [3.05, 3.63) is 83.6 Å². The number of benzene rings is 2. The maximum atomic E-state index is 12.4. The predicted octanol–water partition coefficient (Wildman–Crippen LogP) is 3.46. The number of carbonyl (C=O) groups excluding carboxylic acids is 1. The minimum Gasteiger partial charge on any atom is -0.479 e. The summed E-state index contributed by atoms with van der Waals surface area (Å²) in [7, 11) is 0. The lowest BCUT2D eigenvalue weighted by Crippen LogP contribution is -2.63. The molecule has 2 fully saturated rings. The van der Waals surface area contributed by atoms with Crippen molar-refractivity contribution in [1.82, 2.24) is 4.90 Å². The quantitative estimate of drug-likeness (QED) is 0.574.